The van der Waals surface area contributed by atoms with Gasteiger partial charge in [-0.3, -0.25) is 0 Å². The predicted octanol–water partition coefficient (Wildman–Crippen LogP) is 2.50. The monoisotopic (exact) mass is 170 g/mol. The Morgan fingerprint density at radius 3 is 2.12 bits per heavy atom. The van der Waals surface area contributed by atoms with Crippen molar-refractivity contribution in [2.75, 3.05) is 0 Å². The van der Waals surface area contributed by atoms with Crippen LogP contribution in [0.15, 0.2) is 24.3 Å². The molecule has 0 spiro atoms. The quantitative estimate of drug-likeness (QED) is 0.531. The van der Waals surface area contributed by atoms with Crippen LogP contribution in [0.5, 0.6) is 0 Å². The molecule has 0 nitrogen and oxygen atoms in total. The summed E-state index contributed by atoms with van der Waals surface area (Å²) in [7, 11) is 0. The van der Waals surface area contributed by atoms with Gasteiger partial charge in [0.05, 0.1) is 0 Å². The molecule has 2 heteroatoms. The molecule has 42 valence electrons. The maximum atomic E-state index is 3.50. The van der Waals surface area contributed by atoms with E-state index in [0.29, 0.717) is 11.4 Å². The van der Waals surface area contributed by atoms with Crippen molar-refractivity contribution < 1.29 is 0 Å². The largest absolute Gasteiger partial charge is 0.230 e. The molecule has 0 radical (unpaired) electrons. The van der Waals surface area contributed by atoms with Gasteiger partial charge in [0.1, 0.15) is 0 Å². The van der Waals surface area contributed by atoms with Crippen LogP contribution in [-0.4, -0.2) is 5.54 Å². The van der Waals surface area contributed by atoms with Crippen molar-refractivity contribution in [1.82, 2.24) is 0 Å². The van der Waals surface area contributed by atoms with Crippen LogP contribution in [0.1, 0.15) is 0 Å². The minimum Gasteiger partial charge on any atom is -0.156 e. The van der Waals surface area contributed by atoms with E-state index in [9.17, 15) is 0 Å². The molecule has 0 atom stereocenters. The first-order valence-corrected chi connectivity index (χ1v) is 3.71. The van der Waals surface area contributed by atoms with Crippen molar-refractivity contribution >= 4 is 21.3 Å². The fourth-order valence-electron chi connectivity index (χ4n) is 0.755. The van der Waals surface area contributed by atoms with E-state index < -0.39 is 0 Å². The molecule has 0 amide bonds. The fraction of sp³-hybridized carbons (Fsp3) is 0.333. The van der Waals surface area contributed by atoms with Gasteiger partial charge in [-0.05, 0) is 5.82 Å². The molecule has 1 rings (SSSR count). The number of halogens is 1. The third-order valence-electron chi connectivity index (χ3n) is 1.31. The molecule has 8 heavy (non-hydrogen) atoms. The molecule has 0 aromatic rings. The van der Waals surface area contributed by atoms with Gasteiger partial charge in [-0.25, -0.2) is 0 Å². The van der Waals surface area contributed by atoms with Crippen molar-refractivity contribution in [2.24, 2.45) is 0 Å². The average Bonchev–Trinajstić information content (AvgIpc) is 2.12. The molecule has 0 saturated heterocycles. The molecule has 0 aromatic heterocycles. The molecule has 1 aliphatic carbocycles. The first-order valence-electron chi connectivity index (χ1n) is 2.80. The second kappa shape index (κ2) is 2.54. The highest BCUT2D eigenvalue weighted by atomic mass is 79.9. The van der Waals surface area contributed by atoms with Gasteiger partial charge in [0, 0.05) is 0 Å². The van der Waals surface area contributed by atoms with E-state index in [0.717, 1.165) is 0 Å². The topological polar surface area (TPSA) is 0 Å². The molecular weight excluding hydrogens is 163 g/mol. The van der Waals surface area contributed by atoms with Crippen LogP contribution >= 0.6 is 15.8 Å². The maximum Gasteiger partial charge on any atom is 0.230 e. The van der Waals surface area contributed by atoms with Crippen molar-refractivity contribution in [3.05, 3.63) is 24.3 Å². The number of hydrogen-bond donors (Lipinski definition) is 0. The van der Waals surface area contributed by atoms with E-state index in [1.807, 2.05) is 0 Å². The highest BCUT2D eigenvalue weighted by Gasteiger charge is 2.12. The lowest BCUT2D eigenvalue weighted by atomic mass is 9.67. The molecule has 0 bridgehead atoms. The molecule has 1 aliphatic rings. The normalized spacial score (nSPS) is 17.8. The number of allylic oxidation sites excluding steroid dienone is 4. The Bertz CT molecular complexity index is 114. The summed E-state index contributed by atoms with van der Waals surface area (Å²) >= 11 is 3.50. The molecular formula is C6H8BBr. The average molecular weight is 171 g/mol. The van der Waals surface area contributed by atoms with Gasteiger partial charge in [0.15, 0.2) is 0 Å². The first-order chi connectivity index (χ1) is 3.80. The molecule has 0 aromatic carbocycles. The Labute approximate surface area is 58.7 Å². The Morgan fingerprint density at radius 2 is 1.88 bits per heavy atom. The minimum atomic E-state index is 0.581. The van der Waals surface area contributed by atoms with Gasteiger partial charge in [-0.2, -0.15) is 15.8 Å². The fourth-order valence-corrected chi connectivity index (χ4v) is 1.11. The number of rotatable bonds is 1. The summed E-state index contributed by atoms with van der Waals surface area (Å²) in [6.45, 7) is 2.16. The first kappa shape index (κ1) is 6.15. The van der Waals surface area contributed by atoms with Crippen LogP contribution in [0.4, 0.5) is 0 Å². The summed E-state index contributed by atoms with van der Waals surface area (Å²) < 4.78 is 0. The van der Waals surface area contributed by atoms with E-state index in [4.69, 9.17) is 0 Å². The Morgan fingerprint density at radius 1 is 1.38 bits per heavy atom. The van der Waals surface area contributed by atoms with Crippen LogP contribution in [0, 0.1) is 0 Å². The van der Waals surface area contributed by atoms with Gasteiger partial charge in [0.25, 0.3) is 0 Å². The second-order valence-corrected chi connectivity index (χ2v) is 3.47. The van der Waals surface area contributed by atoms with Crippen LogP contribution in [0.3, 0.4) is 0 Å². The molecule has 0 unspecified atom stereocenters. The number of hydrogen-bond acceptors (Lipinski definition) is 0. The van der Waals surface area contributed by atoms with Gasteiger partial charge in [0.2, 0.25) is 5.54 Å². The second-order valence-electron chi connectivity index (χ2n) is 2.02. The zero-order valence-electron chi connectivity index (χ0n) is 4.84. The SMILES string of the molecule is CB(Br)C1C=CC=C1. The maximum absolute atomic E-state index is 3.50. The van der Waals surface area contributed by atoms with Crippen LogP contribution in [-0.2, 0) is 0 Å². The van der Waals surface area contributed by atoms with E-state index in [1.54, 1.807) is 0 Å². The van der Waals surface area contributed by atoms with Gasteiger partial charge < -0.3 is 0 Å². The lowest BCUT2D eigenvalue weighted by molar-refractivity contribution is 1.39. The van der Waals surface area contributed by atoms with Gasteiger partial charge in [-0.1, -0.05) is 31.1 Å². The zero-order valence-corrected chi connectivity index (χ0v) is 6.43. The molecule has 0 saturated carbocycles. The Balaban J connectivity index is 2.49. The van der Waals surface area contributed by atoms with Crippen molar-refractivity contribution in [3.8, 4) is 0 Å². The molecule has 0 fully saturated rings. The summed E-state index contributed by atoms with van der Waals surface area (Å²) in [5, 5.41) is 0. The standard InChI is InChI=1S/C6H8BBr/c1-7(8)6-4-2-3-5-6/h2-6H,1H3. The summed E-state index contributed by atoms with van der Waals surface area (Å²) in [5.74, 6) is 0.620. The third-order valence-corrected chi connectivity index (χ3v) is 1.92. The Kier molecular flexibility index (Phi) is 1.95. The summed E-state index contributed by atoms with van der Waals surface area (Å²) in [4.78, 5) is 0. The molecule has 0 aliphatic heterocycles. The van der Waals surface area contributed by atoms with E-state index >= 15 is 0 Å². The highest BCUT2D eigenvalue weighted by molar-refractivity contribution is 9.24. The van der Waals surface area contributed by atoms with Crippen molar-refractivity contribution in [1.29, 1.82) is 0 Å². The van der Waals surface area contributed by atoms with Gasteiger partial charge >= 0.3 is 0 Å². The van der Waals surface area contributed by atoms with Gasteiger partial charge in [-0.15, -0.1) is 0 Å². The van der Waals surface area contributed by atoms with E-state index in [-0.39, 0.29) is 0 Å². The summed E-state index contributed by atoms with van der Waals surface area (Å²) in [6, 6.07) is 0. The summed E-state index contributed by atoms with van der Waals surface area (Å²) in [6.07, 6.45) is 8.56. The lowest BCUT2D eigenvalue weighted by Crippen LogP contribution is -2.00. The third kappa shape index (κ3) is 1.25. The molecule has 0 N–H and O–H groups in total. The van der Waals surface area contributed by atoms with Crippen LogP contribution in [0.25, 0.3) is 0 Å². The predicted molar refractivity (Wildman–Crippen MR) is 42.6 cm³/mol. The smallest absolute Gasteiger partial charge is 0.156 e. The van der Waals surface area contributed by atoms with Crippen molar-refractivity contribution in [2.45, 2.75) is 12.6 Å². The minimum absolute atomic E-state index is 0.581. The van der Waals surface area contributed by atoms with E-state index in [2.05, 4.69) is 46.9 Å². The van der Waals surface area contributed by atoms with Crippen LogP contribution < -0.4 is 0 Å². The summed E-state index contributed by atoms with van der Waals surface area (Å²) in [5.41, 5.74) is 0.581. The zero-order chi connectivity index (χ0) is 5.98. The van der Waals surface area contributed by atoms with E-state index in [1.165, 1.54) is 0 Å². The highest BCUT2D eigenvalue weighted by Crippen LogP contribution is 2.22. The molecule has 0 heterocycles. The van der Waals surface area contributed by atoms with Crippen molar-refractivity contribution in [3.63, 3.8) is 0 Å². The lowest BCUT2D eigenvalue weighted by Gasteiger charge is -2.00. The van der Waals surface area contributed by atoms with Crippen LogP contribution in [0.2, 0.25) is 12.6 Å². The Hall–Kier alpha value is 0.0249.